The molecule has 0 aliphatic carbocycles. The van der Waals surface area contributed by atoms with Crippen LogP contribution in [0.4, 0.5) is 0 Å². The maximum atomic E-state index is 13.1. The van der Waals surface area contributed by atoms with Crippen molar-refractivity contribution < 1.29 is 33.5 Å². The number of hydroxylamine groups is 1. The van der Waals surface area contributed by atoms with E-state index in [-0.39, 0.29) is 17.9 Å². The summed E-state index contributed by atoms with van der Waals surface area (Å²) in [4.78, 5) is 16.0. The summed E-state index contributed by atoms with van der Waals surface area (Å²) < 4.78 is 32.8. The monoisotopic (exact) mass is 454 g/mol. The summed E-state index contributed by atoms with van der Waals surface area (Å²) >= 11 is 0. The maximum Gasteiger partial charge on any atom is 0.264 e. The number of piperidine rings is 1. The lowest BCUT2D eigenvalue weighted by Gasteiger charge is -2.42. The molecule has 0 unspecified atom stereocenters. The highest BCUT2D eigenvalue weighted by molar-refractivity contribution is 7.89. The molecule has 1 aromatic heterocycles. The molecule has 31 heavy (non-hydrogen) atoms. The fourth-order valence-electron chi connectivity index (χ4n) is 3.39. The predicted octanol–water partition coefficient (Wildman–Crippen LogP) is 0.404. The van der Waals surface area contributed by atoms with Crippen LogP contribution in [0.2, 0.25) is 0 Å². The number of aliphatic hydroxyl groups is 1. The highest BCUT2D eigenvalue weighted by Crippen LogP contribution is 2.32. The number of rotatable bonds is 6. The summed E-state index contributed by atoms with van der Waals surface area (Å²) in [6.45, 7) is 1.74. The Bertz CT molecular complexity index is 953. The summed E-state index contributed by atoms with van der Waals surface area (Å²) in [5.74, 6) is 3.01. The van der Waals surface area contributed by atoms with Gasteiger partial charge in [0.25, 0.3) is 5.91 Å². The third kappa shape index (κ3) is 5.76. The number of carbonyl (C=O) groups is 1. The lowest BCUT2D eigenvalue weighted by atomic mass is 9.87. The van der Waals surface area contributed by atoms with E-state index in [1.54, 1.807) is 12.4 Å². The lowest BCUT2D eigenvalue weighted by Crippen LogP contribution is -2.62. The molecule has 1 amide bonds. The molecule has 0 radical (unpaired) electrons. The Kier molecular flexibility index (Phi) is 8.44. The van der Waals surface area contributed by atoms with Gasteiger partial charge in [-0.2, -0.15) is 4.31 Å². The minimum absolute atomic E-state index is 0.0396. The standard InChI is InChI=1S/C19H23N3O6S.H3NO/c1-19(24)9-2-12-22(17(19)18(23)21-25)29(26,27)16-5-3-15(4-6-16)28-13-14-7-10-20-11-8-14;1-2/h3-8,10-11,17,24-25H,2,9,12-13H2,1H3,(H,21,23);2H,1H2/t17-,19-;/m0./s1. The molecule has 1 aliphatic rings. The maximum absolute atomic E-state index is 13.1. The highest BCUT2D eigenvalue weighted by Gasteiger charge is 2.49. The molecule has 1 aliphatic heterocycles. The van der Waals surface area contributed by atoms with Gasteiger partial charge in [-0.25, -0.2) is 19.8 Å². The fourth-order valence-corrected chi connectivity index (χ4v) is 5.11. The van der Waals surface area contributed by atoms with Crippen LogP contribution in [-0.2, 0) is 21.4 Å². The molecule has 170 valence electrons. The summed E-state index contributed by atoms with van der Waals surface area (Å²) in [5, 5.41) is 26.0. The third-order valence-electron chi connectivity index (χ3n) is 4.88. The van der Waals surface area contributed by atoms with Gasteiger partial charge in [-0.15, -0.1) is 0 Å². The molecule has 1 aromatic carbocycles. The number of amides is 1. The Balaban J connectivity index is 0.00000166. The van der Waals surface area contributed by atoms with Gasteiger partial charge in [-0.1, -0.05) is 0 Å². The van der Waals surface area contributed by atoms with E-state index in [0.29, 0.717) is 18.8 Å². The smallest absolute Gasteiger partial charge is 0.264 e. The molecular formula is C19H26N4O7S. The van der Waals surface area contributed by atoms with E-state index < -0.39 is 27.6 Å². The molecule has 2 heterocycles. The zero-order chi connectivity index (χ0) is 23.1. The van der Waals surface area contributed by atoms with Crippen molar-refractivity contribution in [3.8, 4) is 5.75 Å². The first-order valence-electron chi connectivity index (χ1n) is 9.31. The molecule has 11 nitrogen and oxygen atoms in total. The molecule has 6 N–H and O–H groups in total. The van der Waals surface area contributed by atoms with Crippen LogP contribution in [0.5, 0.6) is 5.75 Å². The number of nitrogens with two attached hydrogens (primary N) is 1. The van der Waals surface area contributed by atoms with E-state index in [4.69, 9.17) is 15.2 Å². The number of nitrogens with one attached hydrogen (secondary N) is 1. The Hall–Kier alpha value is -2.61. The van der Waals surface area contributed by atoms with Crippen LogP contribution in [0.15, 0.2) is 53.7 Å². The average Bonchev–Trinajstić information content (AvgIpc) is 2.78. The van der Waals surface area contributed by atoms with Crippen LogP contribution in [0.3, 0.4) is 0 Å². The SMILES string of the molecule is C[C@]1(O)CCCN(S(=O)(=O)c2ccc(OCc3ccncc3)cc2)[C@H]1C(=O)NO.NO. The van der Waals surface area contributed by atoms with Crippen LogP contribution in [0, 0.1) is 0 Å². The number of ether oxygens (including phenoxy) is 1. The van der Waals surface area contributed by atoms with Gasteiger partial charge in [0.05, 0.1) is 10.5 Å². The number of aromatic nitrogens is 1. The fraction of sp³-hybridized carbons (Fsp3) is 0.368. The molecule has 3 rings (SSSR count). The molecule has 0 spiro atoms. The number of hydrogen-bond donors (Lipinski definition) is 5. The quantitative estimate of drug-likeness (QED) is 0.305. The van der Waals surface area contributed by atoms with E-state index in [0.717, 1.165) is 9.87 Å². The van der Waals surface area contributed by atoms with Crippen LogP contribution >= 0.6 is 0 Å². The number of nitrogens with zero attached hydrogens (tertiary/aromatic N) is 2. The van der Waals surface area contributed by atoms with Crippen molar-refractivity contribution in [2.45, 2.75) is 42.9 Å². The number of benzene rings is 1. The first kappa shape index (κ1) is 24.7. The van der Waals surface area contributed by atoms with E-state index >= 15 is 0 Å². The van der Waals surface area contributed by atoms with Crippen molar-refractivity contribution in [2.75, 3.05) is 6.54 Å². The third-order valence-corrected chi connectivity index (χ3v) is 6.76. The molecule has 12 heteroatoms. The van der Waals surface area contributed by atoms with E-state index in [2.05, 4.69) is 10.9 Å². The number of sulfonamides is 1. The van der Waals surface area contributed by atoms with Gasteiger partial charge in [0, 0.05) is 18.9 Å². The normalized spacial score (nSPS) is 21.5. The first-order chi connectivity index (χ1) is 14.8. The van der Waals surface area contributed by atoms with Gasteiger partial charge in [-0.3, -0.25) is 15.0 Å². The summed E-state index contributed by atoms with van der Waals surface area (Å²) in [5.41, 5.74) is 0.772. The first-order valence-corrected chi connectivity index (χ1v) is 10.8. The van der Waals surface area contributed by atoms with Gasteiger partial charge in [-0.05, 0) is 61.7 Å². The average molecular weight is 455 g/mol. The van der Waals surface area contributed by atoms with Crippen LogP contribution in [-0.4, -0.2) is 57.3 Å². The van der Waals surface area contributed by atoms with Gasteiger partial charge >= 0.3 is 0 Å². The Labute approximate surface area is 180 Å². The van der Waals surface area contributed by atoms with Crippen molar-refractivity contribution >= 4 is 15.9 Å². The van der Waals surface area contributed by atoms with Crippen molar-refractivity contribution in [3.63, 3.8) is 0 Å². The second-order valence-electron chi connectivity index (χ2n) is 7.07. The zero-order valence-corrected chi connectivity index (χ0v) is 17.7. The molecule has 0 saturated carbocycles. The second kappa shape index (κ2) is 10.6. The van der Waals surface area contributed by atoms with E-state index in [1.807, 2.05) is 12.1 Å². The number of pyridine rings is 1. The molecular weight excluding hydrogens is 428 g/mol. The molecule has 0 bridgehead atoms. The van der Waals surface area contributed by atoms with Crippen molar-refractivity contribution in [2.24, 2.45) is 5.90 Å². The van der Waals surface area contributed by atoms with Gasteiger partial charge in [0.1, 0.15) is 18.4 Å². The minimum Gasteiger partial charge on any atom is -0.489 e. The summed E-state index contributed by atoms with van der Waals surface area (Å²) in [6, 6.07) is 8.01. The molecule has 2 aromatic rings. The molecule has 1 saturated heterocycles. The Morgan fingerprint density at radius 3 is 2.45 bits per heavy atom. The lowest BCUT2D eigenvalue weighted by molar-refractivity contribution is -0.144. The van der Waals surface area contributed by atoms with E-state index in [1.165, 1.54) is 36.7 Å². The van der Waals surface area contributed by atoms with Gasteiger partial charge in [0.2, 0.25) is 10.0 Å². The summed E-state index contributed by atoms with van der Waals surface area (Å²) in [7, 11) is -4.08. The highest BCUT2D eigenvalue weighted by atomic mass is 32.2. The second-order valence-corrected chi connectivity index (χ2v) is 8.96. The zero-order valence-electron chi connectivity index (χ0n) is 16.9. The van der Waals surface area contributed by atoms with Crippen molar-refractivity contribution in [3.05, 3.63) is 54.4 Å². The Morgan fingerprint density at radius 2 is 1.87 bits per heavy atom. The van der Waals surface area contributed by atoms with E-state index in [9.17, 15) is 18.3 Å². The molecule has 1 fully saturated rings. The van der Waals surface area contributed by atoms with Crippen LogP contribution in [0.1, 0.15) is 25.3 Å². The topological polar surface area (TPSA) is 175 Å². The van der Waals surface area contributed by atoms with Crippen LogP contribution < -0.4 is 16.1 Å². The van der Waals surface area contributed by atoms with Crippen molar-refractivity contribution in [1.29, 1.82) is 0 Å². The molecule has 2 atom stereocenters. The number of hydrogen-bond acceptors (Lipinski definition) is 9. The Morgan fingerprint density at radius 1 is 1.26 bits per heavy atom. The van der Waals surface area contributed by atoms with Gasteiger partial charge < -0.3 is 15.1 Å². The van der Waals surface area contributed by atoms with Crippen molar-refractivity contribution in [1.82, 2.24) is 14.8 Å². The number of carbonyl (C=O) groups excluding carboxylic acids is 1. The largest absolute Gasteiger partial charge is 0.489 e. The minimum atomic E-state index is -4.08. The van der Waals surface area contributed by atoms with Gasteiger partial charge in [0.15, 0.2) is 0 Å². The summed E-state index contributed by atoms with van der Waals surface area (Å²) in [6.07, 6.45) is 3.93. The predicted molar refractivity (Wildman–Crippen MR) is 108 cm³/mol. The van der Waals surface area contributed by atoms with Crippen LogP contribution in [0.25, 0.3) is 0 Å².